The lowest BCUT2D eigenvalue weighted by atomic mass is 9.81. The Hall–Kier alpha value is -2.94. The molecule has 3 aromatic carbocycles. The molecule has 0 aliphatic carbocycles. The Balaban J connectivity index is 1.98. The van der Waals surface area contributed by atoms with E-state index >= 15 is 0 Å². The van der Waals surface area contributed by atoms with Gasteiger partial charge < -0.3 is 15.3 Å². The summed E-state index contributed by atoms with van der Waals surface area (Å²) in [6, 6.07) is 15.3. The first-order chi connectivity index (χ1) is 14.8. The lowest BCUT2D eigenvalue weighted by Gasteiger charge is -2.24. The Kier molecular flexibility index (Phi) is 6.33. The minimum atomic E-state index is -0.128. The topological polar surface area (TPSA) is 60.7 Å². The zero-order valence-electron chi connectivity index (χ0n) is 20.4. The van der Waals surface area contributed by atoms with Gasteiger partial charge in [0.2, 0.25) is 0 Å². The van der Waals surface area contributed by atoms with Gasteiger partial charge in [-0.2, -0.15) is 0 Å². The third-order valence-electron chi connectivity index (χ3n) is 6.03. The summed E-state index contributed by atoms with van der Waals surface area (Å²) in [7, 11) is 0. The van der Waals surface area contributed by atoms with Crippen LogP contribution in [0.2, 0.25) is 0 Å². The molecule has 3 N–H and O–H groups in total. The second kappa shape index (κ2) is 8.54. The minimum Gasteiger partial charge on any atom is -0.508 e. The van der Waals surface area contributed by atoms with Crippen molar-refractivity contribution in [2.24, 2.45) is 0 Å². The van der Waals surface area contributed by atoms with E-state index < -0.39 is 0 Å². The summed E-state index contributed by atoms with van der Waals surface area (Å²) in [5, 5.41) is 31.8. The number of benzene rings is 3. The maximum absolute atomic E-state index is 11.1. The van der Waals surface area contributed by atoms with E-state index in [4.69, 9.17) is 0 Å². The predicted octanol–water partition coefficient (Wildman–Crippen LogP) is 6.89. The molecule has 0 unspecified atom stereocenters. The zero-order chi connectivity index (χ0) is 23.8. The van der Waals surface area contributed by atoms with Crippen LogP contribution < -0.4 is 0 Å². The van der Waals surface area contributed by atoms with Crippen molar-refractivity contribution in [1.29, 1.82) is 0 Å². The van der Waals surface area contributed by atoms with Gasteiger partial charge in [0.15, 0.2) is 0 Å². The van der Waals surface area contributed by atoms with Gasteiger partial charge in [0.05, 0.1) is 0 Å². The van der Waals surface area contributed by atoms with Gasteiger partial charge in [0.1, 0.15) is 17.2 Å². The summed E-state index contributed by atoms with van der Waals surface area (Å²) in [5.74, 6) is 0.776. The molecule has 0 aliphatic rings. The standard InChI is InChI=1S/C29H36O3/c1-18-12-21(14-19-9-11-24(30)17-25(19)29(5,6)7)27(32)22(13-18)15-20-8-10-23(16-26(20)31)28(2,3)4/h8-13,16-17,30-32H,14-15H2,1-7H3. The maximum Gasteiger partial charge on any atom is 0.122 e. The molecule has 3 rings (SSSR count). The second-order valence-electron chi connectivity index (χ2n) is 11.0. The molecule has 32 heavy (non-hydrogen) atoms. The SMILES string of the molecule is Cc1cc(Cc2ccc(C(C)(C)C)cc2O)c(O)c(Cc2ccc(O)cc2C(C)(C)C)c1. The lowest BCUT2D eigenvalue weighted by molar-refractivity contribution is 0.457. The number of aryl methyl sites for hydroxylation is 1. The van der Waals surface area contributed by atoms with Gasteiger partial charge in [-0.05, 0) is 69.3 Å². The molecule has 0 saturated carbocycles. The second-order valence-corrected chi connectivity index (χ2v) is 11.0. The van der Waals surface area contributed by atoms with Gasteiger partial charge in [-0.25, -0.2) is 0 Å². The van der Waals surface area contributed by atoms with Crippen LogP contribution in [0.15, 0.2) is 48.5 Å². The molecule has 0 radical (unpaired) electrons. The summed E-state index contributed by atoms with van der Waals surface area (Å²) >= 11 is 0. The molecule has 0 bridgehead atoms. The van der Waals surface area contributed by atoms with E-state index in [1.807, 2.05) is 43.3 Å². The molecule has 0 heterocycles. The summed E-state index contributed by atoms with van der Waals surface area (Å²) in [6.07, 6.45) is 1.03. The molecule has 0 aliphatic heterocycles. The minimum absolute atomic E-state index is 0.0382. The van der Waals surface area contributed by atoms with E-state index in [1.54, 1.807) is 6.07 Å². The van der Waals surface area contributed by atoms with Crippen LogP contribution in [0.1, 0.15) is 80.5 Å². The van der Waals surface area contributed by atoms with Crippen molar-refractivity contribution in [3.05, 3.63) is 87.5 Å². The van der Waals surface area contributed by atoms with Crippen LogP contribution in [0.5, 0.6) is 17.2 Å². The summed E-state index contributed by atoms with van der Waals surface area (Å²) in [4.78, 5) is 0. The molecule has 0 aromatic heterocycles. The third-order valence-corrected chi connectivity index (χ3v) is 6.03. The van der Waals surface area contributed by atoms with Gasteiger partial charge in [0.25, 0.3) is 0 Å². The van der Waals surface area contributed by atoms with Crippen LogP contribution in [-0.2, 0) is 23.7 Å². The Bertz CT molecular complexity index is 1130. The number of hydrogen-bond acceptors (Lipinski definition) is 3. The average molecular weight is 433 g/mol. The van der Waals surface area contributed by atoms with Gasteiger partial charge in [-0.15, -0.1) is 0 Å². The van der Waals surface area contributed by atoms with Gasteiger partial charge in [0, 0.05) is 12.8 Å². The van der Waals surface area contributed by atoms with E-state index in [2.05, 4.69) is 47.6 Å². The highest BCUT2D eigenvalue weighted by Gasteiger charge is 2.21. The predicted molar refractivity (Wildman–Crippen MR) is 132 cm³/mol. The maximum atomic E-state index is 11.1. The fourth-order valence-electron chi connectivity index (χ4n) is 4.21. The molecule has 0 saturated heterocycles. The largest absolute Gasteiger partial charge is 0.508 e. The average Bonchev–Trinajstić information content (AvgIpc) is 2.66. The zero-order valence-corrected chi connectivity index (χ0v) is 20.4. The van der Waals surface area contributed by atoms with Crippen molar-refractivity contribution in [3.63, 3.8) is 0 Å². The summed E-state index contributed by atoms with van der Waals surface area (Å²) < 4.78 is 0. The smallest absolute Gasteiger partial charge is 0.122 e. The van der Waals surface area contributed by atoms with Crippen molar-refractivity contribution in [3.8, 4) is 17.2 Å². The molecule has 3 heteroatoms. The number of phenols is 3. The van der Waals surface area contributed by atoms with Gasteiger partial charge in [-0.1, -0.05) is 77.4 Å². The molecule has 3 nitrogen and oxygen atoms in total. The molecule has 3 aromatic rings. The van der Waals surface area contributed by atoms with Crippen molar-refractivity contribution >= 4 is 0 Å². The van der Waals surface area contributed by atoms with Crippen LogP contribution >= 0.6 is 0 Å². The Morgan fingerprint density at radius 2 is 1.19 bits per heavy atom. The molecule has 0 fully saturated rings. The van der Waals surface area contributed by atoms with E-state index in [-0.39, 0.29) is 28.1 Å². The molecular weight excluding hydrogens is 396 g/mol. The number of hydrogen-bond donors (Lipinski definition) is 3. The van der Waals surface area contributed by atoms with E-state index in [0.29, 0.717) is 12.8 Å². The van der Waals surface area contributed by atoms with Crippen LogP contribution in [-0.4, -0.2) is 15.3 Å². The monoisotopic (exact) mass is 432 g/mol. The quantitative estimate of drug-likeness (QED) is 0.421. The van der Waals surface area contributed by atoms with Crippen LogP contribution in [0.25, 0.3) is 0 Å². The van der Waals surface area contributed by atoms with Crippen LogP contribution in [0.3, 0.4) is 0 Å². The van der Waals surface area contributed by atoms with E-state index in [1.165, 1.54) is 0 Å². The van der Waals surface area contributed by atoms with Crippen molar-refractivity contribution in [2.75, 3.05) is 0 Å². The number of rotatable bonds is 4. The molecule has 0 spiro atoms. The molecule has 0 atom stereocenters. The van der Waals surface area contributed by atoms with Gasteiger partial charge >= 0.3 is 0 Å². The fourth-order valence-corrected chi connectivity index (χ4v) is 4.21. The first-order valence-electron chi connectivity index (χ1n) is 11.2. The first kappa shape index (κ1) is 23.7. The Morgan fingerprint density at radius 3 is 1.72 bits per heavy atom. The van der Waals surface area contributed by atoms with Crippen molar-refractivity contribution < 1.29 is 15.3 Å². The van der Waals surface area contributed by atoms with Gasteiger partial charge in [-0.3, -0.25) is 0 Å². The highest BCUT2D eigenvalue weighted by molar-refractivity contribution is 5.51. The Morgan fingerprint density at radius 1 is 0.625 bits per heavy atom. The normalized spacial score (nSPS) is 12.2. The summed E-state index contributed by atoms with van der Waals surface area (Å²) in [5.41, 5.74) is 6.57. The Labute approximate surface area is 192 Å². The molecule has 0 amide bonds. The molecule has 170 valence electrons. The third kappa shape index (κ3) is 5.27. The van der Waals surface area contributed by atoms with Crippen LogP contribution in [0, 0.1) is 6.92 Å². The number of phenolic OH excluding ortho intramolecular Hbond substituents is 3. The molecular formula is C29H36O3. The van der Waals surface area contributed by atoms with Crippen molar-refractivity contribution in [2.45, 2.75) is 72.1 Å². The highest BCUT2D eigenvalue weighted by atomic mass is 16.3. The van der Waals surface area contributed by atoms with E-state index in [0.717, 1.165) is 38.9 Å². The lowest BCUT2D eigenvalue weighted by Crippen LogP contribution is -2.14. The first-order valence-corrected chi connectivity index (χ1v) is 11.2. The number of aromatic hydroxyl groups is 3. The van der Waals surface area contributed by atoms with E-state index in [9.17, 15) is 15.3 Å². The fraction of sp³-hybridized carbons (Fsp3) is 0.379. The summed E-state index contributed by atoms with van der Waals surface area (Å²) in [6.45, 7) is 14.8. The van der Waals surface area contributed by atoms with Crippen molar-refractivity contribution in [1.82, 2.24) is 0 Å². The highest BCUT2D eigenvalue weighted by Crippen LogP contribution is 2.35. The van der Waals surface area contributed by atoms with Crippen LogP contribution in [0.4, 0.5) is 0 Å².